The fourth-order valence-electron chi connectivity index (χ4n) is 3.02. The number of imidazole rings is 1. The number of aromatic nitrogens is 2. The summed E-state index contributed by atoms with van der Waals surface area (Å²) in [6, 6.07) is 1.85. The van der Waals surface area contributed by atoms with E-state index >= 15 is 0 Å². The Morgan fingerprint density at radius 1 is 1.52 bits per heavy atom. The van der Waals surface area contributed by atoms with Gasteiger partial charge in [0, 0.05) is 39.1 Å². The summed E-state index contributed by atoms with van der Waals surface area (Å²) in [7, 11) is -2.06. The van der Waals surface area contributed by atoms with Crippen molar-refractivity contribution in [1.29, 1.82) is 5.26 Å². The summed E-state index contributed by atoms with van der Waals surface area (Å²) < 4.78 is 30.7. The molecular formula is C15H25N5O2S. The number of nitriles is 1. The van der Waals surface area contributed by atoms with Gasteiger partial charge in [-0.15, -0.1) is 0 Å². The first-order chi connectivity index (χ1) is 10.9. The van der Waals surface area contributed by atoms with E-state index in [1.165, 1.54) is 4.31 Å². The van der Waals surface area contributed by atoms with Crippen LogP contribution in [-0.2, 0) is 16.8 Å². The fraction of sp³-hybridized carbons (Fsp3) is 0.733. The van der Waals surface area contributed by atoms with Crippen molar-refractivity contribution in [1.82, 2.24) is 18.2 Å². The highest BCUT2D eigenvalue weighted by atomic mass is 32.2. The van der Waals surface area contributed by atoms with Crippen molar-refractivity contribution in [3.8, 4) is 6.07 Å². The lowest BCUT2D eigenvalue weighted by atomic mass is 10.0. The first-order valence-electron chi connectivity index (χ1n) is 8.05. The van der Waals surface area contributed by atoms with Crippen LogP contribution in [0.25, 0.3) is 0 Å². The first kappa shape index (κ1) is 17.9. The Labute approximate surface area is 138 Å². The topological polar surface area (TPSA) is 82.2 Å². The monoisotopic (exact) mass is 339 g/mol. The molecule has 0 spiro atoms. The zero-order valence-corrected chi connectivity index (χ0v) is 14.8. The summed E-state index contributed by atoms with van der Waals surface area (Å²) in [6.07, 6.45) is 6.23. The van der Waals surface area contributed by atoms with Gasteiger partial charge in [0.15, 0.2) is 0 Å². The second kappa shape index (κ2) is 7.43. The number of hydrogen-bond acceptors (Lipinski definition) is 4. The summed E-state index contributed by atoms with van der Waals surface area (Å²) in [5.41, 5.74) is 0. The van der Waals surface area contributed by atoms with Gasteiger partial charge in [-0.3, -0.25) is 0 Å². The molecule has 1 saturated heterocycles. The van der Waals surface area contributed by atoms with E-state index in [2.05, 4.69) is 11.1 Å². The highest BCUT2D eigenvalue weighted by Gasteiger charge is 2.38. The average Bonchev–Trinajstić information content (AvgIpc) is 3.03. The van der Waals surface area contributed by atoms with Crippen molar-refractivity contribution in [2.24, 2.45) is 5.92 Å². The van der Waals surface area contributed by atoms with Crippen LogP contribution < -0.4 is 0 Å². The molecule has 2 atom stereocenters. The lowest BCUT2D eigenvalue weighted by Crippen LogP contribution is -2.47. The van der Waals surface area contributed by atoms with Crippen LogP contribution in [0.4, 0.5) is 0 Å². The predicted octanol–water partition coefficient (Wildman–Crippen LogP) is 1.77. The van der Waals surface area contributed by atoms with Crippen molar-refractivity contribution in [3.05, 3.63) is 18.2 Å². The fourth-order valence-corrected chi connectivity index (χ4v) is 4.68. The van der Waals surface area contributed by atoms with Crippen molar-refractivity contribution >= 4 is 10.2 Å². The third-order valence-electron chi connectivity index (χ3n) is 4.28. The van der Waals surface area contributed by atoms with E-state index in [1.54, 1.807) is 24.5 Å². The van der Waals surface area contributed by atoms with E-state index in [9.17, 15) is 8.42 Å². The molecule has 8 heteroatoms. The molecule has 0 aromatic carbocycles. The maximum Gasteiger partial charge on any atom is 0.282 e. The Morgan fingerprint density at radius 2 is 2.26 bits per heavy atom. The van der Waals surface area contributed by atoms with Gasteiger partial charge >= 0.3 is 0 Å². The van der Waals surface area contributed by atoms with Crippen molar-refractivity contribution in [2.45, 2.75) is 45.7 Å². The normalized spacial score (nSPS) is 21.3. The third kappa shape index (κ3) is 3.74. The Morgan fingerprint density at radius 3 is 2.91 bits per heavy atom. The second-order valence-corrected chi connectivity index (χ2v) is 8.00. The summed E-state index contributed by atoms with van der Waals surface area (Å²) in [4.78, 5) is 4.40. The van der Waals surface area contributed by atoms with Gasteiger partial charge in [0.05, 0.1) is 18.0 Å². The molecule has 0 saturated carbocycles. The lowest BCUT2D eigenvalue weighted by Gasteiger charge is -2.36. The Hall–Kier alpha value is -1.43. The molecule has 2 rings (SSSR count). The highest BCUT2D eigenvalue weighted by molar-refractivity contribution is 7.86. The standard InChI is InChI=1S/C15H25N5O2S/c1-4-19-10-8-17-15(19)14-7-5-6-9-20(14)23(21,22)18(3)12-13(2)11-16/h8,10,13-14H,4-7,9,12H2,1-3H3/t13-,14-/m0/s1. The zero-order chi connectivity index (χ0) is 17.0. The molecule has 0 bridgehead atoms. The Bertz CT molecular complexity index is 664. The quantitative estimate of drug-likeness (QED) is 0.791. The van der Waals surface area contributed by atoms with E-state index in [0.29, 0.717) is 6.54 Å². The lowest BCUT2D eigenvalue weighted by molar-refractivity contribution is 0.225. The van der Waals surface area contributed by atoms with Crippen LogP contribution in [0.15, 0.2) is 12.4 Å². The molecule has 1 fully saturated rings. The predicted molar refractivity (Wildman–Crippen MR) is 87.5 cm³/mol. The van der Waals surface area contributed by atoms with Crippen LogP contribution in [0, 0.1) is 17.2 Å². The smallest absolute Gasteiger partial charge is 0.282 e. The molecule has 1 aromatic rings. The number of piperidine rings is 1. The van der Waals surface area contributed by atoms with Crippen LogP contribution >= 0.6 is 0 Å². The van der Waals surface area contributed by atoms with Gasteiger partial charge in [0.1, 0.15) is 5.82 Å². The Balaban J connectivity index is 2.29. The summed E-state index contributed by atoms with van der Waals surface area (Å²) in [5.74, 6) is 0.466. The molecular weight excluding hydrogens is 314 g/mol. The van der Waals surface area contributed by atoms with Crippen molar-refractivity contribution in [3.63, 3.8) is 0 Å². The van der Waals surface area contributed by atoms with Crippen molar-refractivity contribution in [2.75, 3.05) is 20.1 Å². The molecule has 1 aromatic heterocycles. The van der Waals surface area contributed by atoms with E-state index < -0.39 is 10.2 Å². The number of aryl methyl sites for hydroxylation is 1. The van der Waals surface area contributed by atoms with Gasteiger partial charge in [-0.05, 0) is 26.7 Å². The summed E-state index contributed by atoms with van der Waals surface area (Å²) >= 11 is 0. The van der Waals surface area contributed by atoms with E-state index in [1.807, 2.05) is 17.7 Å². The van der Waals surface area contributed by atoms with E-state index in [-0.39, 0.29) is 18.5 Å². The summed E-state index contributed by atoms with van der Waals surface area (Å²) in [5, 5.41) is 8.93. The third-order valence-corrected chi connectivity index (χ3v) is 6.25. The first-order valence-corrected chi connectivity index (χ1v) is 9.45. The van der Waals surface area contributed by atoms with Gasteiger partial charge in [-0.1, -0.05) is 6.42 Å². The minimum absolute atomic E-state index is 0.199. The zero-order valence-electron chi connectivity index (χ0n) is 14.0. The number of nitrogens with zero attached hydrogens (tertiary/aromatic N) is 5. The van der Waals surface area contributed by atoms with E-state index in [0.717, 1.165) is 31.6 Å². The van der Waals surface area contributed by atoms with Crippen LogP contribution in [-0.4, -0.2) is 46.7 Å². The van der Waals surface area contributed by atoms with Gasteiger partial charge in [-0.2, -0.15) is 22.3 Å². The van der Waals surface area contributed by atoms with E-state index in [4.69, 9.17) is 5.26 Å². The molecule has 0 aliphatic carbocycles. The number of hydrogen-bond donors (Lipinski definition) is 0. The molecule has 0 amide bonds. The van der Waals surface area contributed by atoms with Gasteiger partial charge in [-0.25, -0.2) is 4.98 Å². The van der Waals surface area contributed by atoms with Gasteiger partial charge < -0.3 is 4.57 Å². The molecule has 1 aliphatic rings. The maximum absolute atomic E-state index is 12.9. The molecule has 0 unspecified atom stereocenters. The minimum atomic E-state index is -3.61. The van der Waals surface area contributed by atoms with Crippen LogP contribution in [0.5, 0.6) is 0 Å². The molecule has 0 N–H and O–H groups in total. The Kier molecular flexibility index (Phi) is 5.79. The van der Waals surface area contributed by atoms with Crippen molar-refractivity contribution < 1.29 is 8.42 Å². The molecule has 1 aliphatic heterocycles. The molecule has 23 heavy (non-hydrogen) atoms. The molecule has 2 heterocycles. The molecule has 7 nitrogen and oxygen atoms in total. The van der Waals surface area contributed by atoms with Gasteiger partial charge in [0.25, 0.3) is 10.2 Å². The molecule has 0 radical (unpaired) electrons. The van der Waals surface area contributed by atoms with Crippen LogP contribution in [0.3, 0.4) is 0 Å². The van der Waals surface area contributed by atoms with Crippen LogP contribution in [0.2, 0.25) is 0 Å². The van der Waals surface area contributed by atoms with Gasteiger partial charge in [0.2, 0.25) is 0 Å². The highest BCUT2D eigenvalue weighted by Crippen LogP contribution is 2.33. The SMILES string of the molecule is CCn1ccnc1[C@@H]1CCCCN1S(=O)(=O)N(C)C[C@@H](C)C#N. The minimum Gasteiger partial charge on any atom is -0.334 e. The average molecular weight is 339 g/mol. The largest absolute Gasteiger partial charge is 0.334 e. The second-order valence-electron chi connectivity index (χ2n) is 6.01. The summed E-state index contributed by atoms with van der Waals surface area (Å²) in [6.45, 7) is 5.21. The van der Waals surface area contributed by atoms with Crippen LogP contribution in [0.1, 0.15) is 45.0 Å². The molecule has 128 valence electrons. The maximum atomic E-state index is 12.9. The number of rotatable bonds is 6.